The molecule has 2 aromatic carbocycles. The number of ether oxygens (including phenoxy) is 1. The summed E-state index contributed by atoms with van der Waals surface area (Å²) in [7, 11) is 0. The van der Waals surface area contributed by atoms with E-state index in [9.17, 15) is 0 Å². The molecule has 0 radical (unpaired) electrons. The molecule has 0 aliphatic rings. The summed E-state index contributed by atoms with van der Waals surface area (Å²) in [6.07, 6.45) is 2.20. The zero-order valence-electron chi connectivity index (χ0n) is 14.7. The Kier molecular flexibility index (Phi) is 5.59. The van der Waals surface area contributed by atoms with Gasteiger partial charge >= 0.3 is 0 Å². The smallest absolute Gasteiger partial charge is 0.226 e. The summed E-state index contributed by atoms with van der Waals surface area (Å²) in [6.45, 7) is 2.43. The van der Waals surface area contributed by atoms with Crippen LogP contribution in [0.5, 0.6) is 5.75 Å². The van der Waals surface area contributed by atoms with Gasteiger partial charge in [-0.25, -0.2) is 4.98 Å². The van der Waals surface area contributed by atoms with Crippen LogP contribution in [0.4, 0.5) is 0 Å². The Balaban J connectivity index is 1.56. The van der Waals surface area contributed by atoms with Gasteiger partial charge < -0.3 is 20.0 Å². The fourth-order valence-electron chi connectivity index (χ4n) is 2.60. The number of rotatable bonds is 8. The van der Waals surface area contributed by atoms with Crippen molar-refractivity contribution in [1.29, 1.82) is 10.8 Å². The van der Waals surface area contributed by atoms with E-state index in [1.165, 1.54) is 0 Å². The number of nitrogens with zero attached hydrogens (tertiary/aromatic N) is 1. The molecule has 1 heterocycles. The Hall–Kier alpha value is -3.21. The number of hydrogen-bond acceptors (Lipinski definition) is 5. The number of aromatic nitrogens is 1. The highest BCUT2D eigenvalue weighted by molar-refractivity contribution is 6.28. The van der Waals surface area contributed by atoms with Crippen molar-refractivity contribution in [3.63, 3.8) is 0 Å². The highest BCUT2D eigenvalue weighted by Crippen LogP contribution is 2.22. The summed E-state index contributed by atoms with van der Waals surface area (Å²) in [6, 6.07) is 17.5. The van der Waals surface area contributed by atoms with Crippen molar-refractivity contribution in [2.45, 2.75) is 19.8 Å². The van der Waals surface area contributed by atoms with Gasteiger partial charge in [0.05, 0.1) is 18.0 Å². The second-order valence-electron chi connectivity index (χ2n) is 5.98. The first-order valence-corrected chi connectivity index (χ1v) is 8.47. The summed E-state index contributed by atoms with van der Waals surface area (Å²) in [4.78, 5) is 4.58. The molecular formula is C21H21N3O2. The molecule has 0 bridgehead atoms. The highest BCUT2D eigenvalue weighted by atomic mass is 16.5. The molecule has 26 heavy (non-hydrogen) atoms. The lowest BCUT2D eigenvalue weighted by Crippen LogP contribution is -2.04. The lowest BCUT2D eigenvalue weighted by Gasteiger charge is -2.06. The molecule has 0 saturated heterocycles. The molecule has 0 spiro atoms. The van der Waals surface area contributed by atoms with Crippen molar-refractivity contribution in [2.75, 3.05) is 6.61 Å². The van der Waals surface area contributed by atoms with Gasteiger partial charge in [-0.1, -0.05) is 30.3 Å². The van der Waals surface area contributed by atoms with Crippen LogP contribution < -0.4 is 4.74 Å². The molecule has 132 valence electrons. The molecular weight excluding hydrogens is 326 g/mol. The van der Waals surface area contributed by atoms with Gasteiger partial charge in [-0.15, -0.1) is 0 Å². The molecule has 0 aliphatic carbocycles. The van der Waals surface area contributed by atoms with Crippen molar-refractivity contribution >= 4 is 11.9 Å². The van der Waals surface area contributed by atoms with Crippen LogP contribution in [0, 0.1) is 17.7 Å². The van der Waals surface area contributed by atoms with E-state index in [2.05, 4.69) is 4.98 Å². The molecule has 0 amide bonds. The first-order valence-electron chi connectivity index (χ1n) is 8.47. The third-order valence-electron chi connectivity index (χ3n) is 4.01. The van der Waals surface area contributed by atoms with E-state index < -0.39 is 0 Å². The van der Waals surface area contributed by atoms with Gasteiger partial charge in [0.15, 0.2) is 0 Å². The molecule has 2 N–H and O–H groups in total. The van der Waals surface area contributed by atoms with Crippen LogP contribution in [0.1, 0.15) is 17.0 Å². The zero-order chi connectivity index (χ0) is 18.4. The van der Waals surface area contributed by atoms with Crippen LogP contribution in [0.15, 0.2) is 59.0 Å². The largest absolute Gasteiger partial charge is 0.493 e. The molecule has 3 rings (SSSR count). The predicted molar refractivity (Wildman–Crippen MR) is 103 cm³/mol. The van der Waals surface area contributed by atoms with Gasteiger partial charge in [-0.3, -0.25) is 0 Å². The third-order valence-corrected chi connectivity index (χ3v) is 4.01. The second kappa shape index (κ2) is 8.25. The minimum Gasteiger partial charge on any atom is -0.493 e. The standard InChI is InChI=1S/C21H21N3O2/c1-15-20(24-21(26-15)17-5-3-2-4-6-17)11-12-25-19-9-7-16(8-10-19)13-18(23)14-22/h2-10,14,22-23H,11-13H2,1H3. The summed E-state index contributed by atoms with van der Waals surface area (Å²) in [5.74, 6) is 2.23. The van der Waals surface area contributed by atoms with Crippen LogP contribution >= 0.6 is 0 Å². The van der Waals surface area contributed by atoms with E-state index in [0.717, 1.165) is 34.5 Å². The van der Waals surface area contributed by atoms with E-state index in [0.29, 0.717) is 25.3 Å². The number of aryl methyl sites for hydroxylation is 1. The molecule has 0 aliphatic heterocycles. The SMILES string of the molecule is Cc1oc(-c2ccccc2)nc1CCOc1ccc(CC(=N)C=N)cc1. The predicted octanol–water partition coefficient (Wildman–Crippen LogP) is 4.48. The van der Waals surface area contributed by atoms with Crippen molar-refractivity contribution in [1.82, 2.24) is 4.98 Å². The number of hydrogen-bond donors (Lipinski definition) is 2. The van der Waals surface area contributed by atoms with Crippen molar-refractivity contribution in [3.8, 4) is 17.2 Å². The minimum absolute atomic E-state index is 0.286. The van der Waals surface area contributed by atoms with Gasteiger partial charge in [0.1, 0.15) is 11.5 Å². The first-order chi connectivity index (χ1) is 12.7. The maximum atomic E-state index is 7.53. The van der Waals surface area contributed by atoms with Gasteiger partial charge in [0, 0.05) is 24.6 Å². The van der Waals surface area contributed by atoms with Gasteiger partial charge in [-0.05, 0) is 36.8 Å². The van der Waals surface area contributed by atoms with Crippen LogP contribution in [-0.4, -0.2) is 23.5 Å². The summed E-state index contributed by atoms with van der Waals surface area (Å²) in [5.41, 5.74) is 3.15. The Labute approximate surface area is 152 Å². The first kappa shape index (κ1) is 17.6. The zero-order valence-corrected chi connectivity index (χ0v) is 14.7. The monoisotopic (exact) mass is 347 g/mol. The molecule has 3 aromatic rings. The quantitative estimate of drug-likeness (QED) is 0.589. The molecule has 5 heteroatoms. The second-order valence-corrected chi connectivity index (χ2v) is 5.98. The van der Waals surface area contributed by atoms with E-state index in [1.54, 1.807) is 0 Å². The van der Waals surface area contributed by atoms with Crippen LogP contribution in [0.2, 0.25) is 0 Å². The van der Waals surface area contributed by atoms with Crippen LogP contribution in [0.3, 0.4) is 0 Å². The minimum atomic E-state index is 0.286. The average Bonchev–Trinajstić information content (AvgIpc) is 3.04. The average molecular weight is 347 g/mol. The fourth-order valence-corrected chi connectivity index (χ4v) is 2.60. The number of benzene rings is 2. The lowest BCUT2D eigenvalue weighted by atomic mass is 10.1. The Morgan fingerprint density at radius 1 is 1.12 bits per heavy atom. The molecule has 0 unspecified atom stereocenters. The Morgan fingerprint density at radius 3 is 2.54 bits per heavy atom. The normalized spacial score (nSPS) is 10.5. The lowest BCUT2D eigenvalue weighted by molar-refractivity contribution is 0.320. The number of nitrogens with one attached hydrogen (secondary N) is 2. The van der Waals surface area contributed by atoms with E-state index in [-0.39, 0.29) is 5.71 Å². The molecule has 1 aromatic heterocycles. The molecule has 5 nitrogen and oxygen atoms in total. The third kappa shape index (κ3) is 4.45. The molecule has 0 fully saturated rings. The number of oxazole rings is 1. The van der Waals surface area contributed by atoms with E-state index in [4.69, 9.17) is 20.0 Å². The summed E-state index contributed by atoms with van der Waals surface area (Å²) >= 11 is 0. The fraction of sp³-hybridized carbons (Fsp3) is 0.190. The van der Waals surface area contributed by atoms with Crippen LogP contribution in [0.25, 0.3) is 11.5 Å². The summed E-state index contributed by atoms with van der Waals surface area (Å²) in [5, 5.41) is 14.6. The van der Waals surface area contributed by atoms with Crippen LogP contribution in [-0.2, 0) is 12.8 Å². The van der Waals surface area contributed by atoms with E-state index >= 15 is 0 Å². The van der Waals surface area contributed by atoms with Gasteiger partial charge in [0.25, 0.3) is 0 Å². The maximum absolute atomic E-state index is 7.53. The highest BCUT2D eigenvalue weighted by Gasteiger charge is 2.11. The van der Waals surface area contributed by atoms with Crippen molar-refractivity contribution < 1.29 is 9.15 Å². The van der Waals surface area contributed by atoms with E-state index in [1.807, 2.05) is 61.5 Å². The van der Waals surface area contributed by atoms with Crippen molar-refractivity contribution in [2.24, 2.45) is 0 Å². The van der Waals surface area contributed by atoms with Gasteiger partial charge in [0.2, 0.25) is 5.89 Å². The summed E-state index contributed by atoms with van der Waals surface area (Å²) < 4.78 is 11.5. The molecule has 0 atom stereocenters. The maximum Gasteiger partial charge on any atom is 0.226 e. The Morgan fingerprint density at radius 2 is 1.85 bits per heavy atom. The topological polar surface area (TPSA) is 83.0 Å². The van der Waals surface area contributed by atoms with Crippen molar-refractivity contribution in [3.05, 3.63) is 71.6 Å². The Bertz CT molecular complexity index is 883. The van der Waals surface area contributed by atoms with Gasteiger partial charge in [-0.2, -0.15) is 0 Å². The molecule has 0 saturated carbocycles.